The fourth-order valence-electron chi connectivity index (χ4n) is 6.75. The summed E-state index contributed by atoms with van der Waals surface area (Å²) in [6, 6.07) is 17.4. The first kappa shape index (κ1) is 37.2. The number of amides is 2. The van der Waals surface area contributed by atoms with E-state index in [0.29, 0.717) is 59.2 Å². The number of nitrogens with zero attached hydrogens (tertiary/aromatic N) is 4. The van der Waals surface area contributed by atoms with Crippen molar-refractivity contribution in [2.24, 2.45) is 4.99 Å². The summed E-state index contributed by atoms with van der Waals surface area (Å²) in [6.45, 7) is 14.6. The molecule has 5 rings (SSSR count). The second-order valence-electron chi connectivity index (χ2n) is 14.6. The van der Waals surface area contributed by atoms with Crippen molar-refractivity contribution < 1.29 is 13.7 Å². The van der Waals surface area contributed by atoms with E-state index in [9.17, 15) is 4.21 Å². The largest absolute Gasteiger partial charge is 0.493 e. The average Bonchev–Trinajstić information content (AvgIpc) is 3.28. The average molecular weight is 727 g/mol. The number of aromatic nitrogens is 1. The fourth-order valence-corrected chi connectivity index (χ4v) is 7.55. The molecule has 49 heavy (non-hydrogen) atoms. The normalized spacial score (nSPS) is 22.9. The van der Waals surface area contributed by atoms with Crippen LogP contribution in [0.25, 0.3) is 0 Å². The van der Waals surface area contributed by atoms with Crippen molar-refractivity contribution in [3.63, 3.8) is 0 Å². The van der Waals surface area contributed by atoms with Crippen LogP contribution >= 0.6 is 23.2 Å². The summed E-state index contributed by atoms with van der Waals surface area (Å²) >= 11 is 12.8. The number of amidine groups is 1. The molecule has 1 aromatic heterocycles. The summed E-state index contributed by atoms with van der Waals surface area (Å²) in [4.78, 5) is 29.3. The summed E-state index contributed by atoms with van der Waals surface area (Å²) in [5.41, 5.74) is 1.13. The van der Waals surface area contributed by atoms with E-state index in [-0.39, 0.29) is 17.5 Å². The Hall–Kier alpha value is -3.11. The monoisotopic (exact) mass is 725 g/mol. The van der Waals surface area contributed by atoms with Crippen LogP contribution in [0.2, 0.25) is 10.0 Å². The number of halogens is 2. The van der Waals surface area contributed by atoms with E-state index in [1.54, 1.807) is 12.5 Å². The molecule has 1 unspecified atom stereocenters. The van der Waals surface area contributed by atoms with Crippen molar-refractivity contribution in [3.8, 4) is 5.75 Å². The van der Waals surface area contributed by atoms with Crippen LogP contribution in [0.4, 0.5) is 4.79 Å². The number of likely N-dealkylation sites (tertiary alicyclic amines) is 1. The summed E-state index contributed by atoms with van der Waals surface area (Å²) < 4.78 is 18.4. The van der Waals surface area contributed by atoms with E-state index in [2.05, 4.69) is 45.8 Å². The minimum Gasteiger partial charge on any atom is -0.493 e. The molecule has 264 valence electrons. The predicted octanol–water partition coefficient (Wildman–Crippen LogP) is 7.50. The highest BCUT2D eigenvalue weighted by molar-refractivity contribution is 7.99. The minimum atomic E-state index is -2.07. The lowest BCUT2D eigenvalue weighted by molar-refractivity contribution is 0.0992. The number of rotatable bonds is 9. The summed E-state index contributed by atoms with van der Waals surface area (Å²) in [5, 5.41) is 4.74. The van der Waals surface area contributed by atoms with Gasteiger partial charge in [0.1, 0.15) is 22.7 Å². The van der Waals surface area contributed by atoms with Gasteiger partial charge in [-0.15, -0.1) is 0 Å². The van der Waals surface area contributed by atoms with Crippen LogP contribution in [0.5, 0.6) is 5.75 Å². The molecule has 2 aromatic carbocycles. The van der Waals surface area contributed by atoms with E-state index in [4.69, 9.17) is 37.9 Å². The zero-order valence-corrected chi connectivity index (χ0v) is 32.0. The Morgan fingerprint density at radius 2 is 1.61 bits per heavy atom. The molecular weight excluding hydrogens is 677 g/mol. The van der Waals surface area contributed by atoms with Crippen molar-refractivity contribution >= 4 is 50.5 Å². The van der Waals surface area contributed by atoms with Crippen molar-refractivity contribution in [2.75, 3.05) is 38.2 Å². The molecule has 0 aliphatic carbocycles. The number of carbonyl (C=O) groups is 1. The second kappa shape index (κ2) is 14.3. The van der Waals surface area contributed by atoms with Crippen molar-refractivity contribution in [3.05, 3.63) is 93.2 Å². The number of benzene rings is 2. The maximum atomic E-state index is 15.2. The van der Waals surface area contributed by atoms with Gasteiger partial charge >= 0.3 is 6.03 Å². The third-order valence-electron chi connectivity index (χ3n) is 9.85. The molecule has 11 heteroatoms. The van der Waals surface area contributed by atoms with Crippen LogP contribution in [-0.2, 0) is 26.0 Å². The first-order valence-electron chi connectivity index (χ1n) is 16.9. The number of urea groups is 1. The molecule has 0 spiro atoms. The van der Waals surface area contributed by atoms with Crippen LogP contribution in [0.15, 0.2) is 65.8 Å². The topological polar surface area (TPSA) is 87.1 Å². The van der Waals surface area contributed by atoms with E-state index >= 15 is 4.79 Å². The molecule has 8 nitrogen and oxygen atoms in total. The Kier molecular flexibility index (Phi) is 10.8. The first-order chi connectivity index (χ1) is 23.0. The Morgan fingerprint density at radius 3 is 2.14 bits per heavy atom. The van der Waals surface area contributed by atoms with E-state index in [1.807, 2.05) is 71.3 Å². The lowest BCUT2D eigenvalue weighted by Gasteiger charge is -2.47. The van der Waals surface area contributed by atoms with Gasteiger partial charge in [-0.25, -0.2) is 4.79 Å². The SMILES string of the molecule is C=S(C)(=O)CCNC1CCN(C(=O)N2C(c3cnc(C(C)(C)C)cc3OCC)=N[C@@](C)(c3ccc(Cl)cc3)[C@@]2(C)c2ccc(Cl)cc2)CC1. The molecule has 0 bridgehead atoms. The summed E-state index contributed by atoms with van der Waals surface area (Å²) in [7, 11) is -2.07. The Balaban J connectivity index is 1.65. The number of pyridine rings is 1. The van der Waals surface area contributed by atoms with Crippen molar-refractivity contribution in [1.29, 1.82) is 0 Å². The first-order valence-corrected chi connectivity index (χ1v) is 19.9. The van der Waals surface area contributed by atoms with Gasteiger partial charge in [0.05, 0.1) is 12.2 Å². The number of hydrogen-bond donors (Lipinski definition) is 1. The Labute approximate surface area is 302 Å². The van der Waals surface area contributed by atoms with Crippen molar-refractivity contribution in [1.82, 2.24) is 20.1 Å². The van der Waals surface area contributed by atoms with E-state index < -0.39 is 20.6 Å². The van der Waals surface area contributed by atoms with Gasteiger partial charge in [0.2, 0.25) is 0 Å². The van der Waals surface area contributed by atoms with Gasteiger partial charge in [-0.2, -0.15) is 0 Å². The third kappa shape index (κ3) is 7.65. The van der Waals surface area contributed by atoms with E-state index in [0.717, 1.165) is 29.7 Å². The van der Waals surface area contributed by atoms with Gasteiger partial charge < -0.3 is 15.0 Å². The highest BCUT2D eigenvalue weighted by Crippen LogP contribution is 2.54. The molecule has 3 atom stereocenters. The van der Waals surface area contributed by atoms with Crippen LogP contribution < -0.4 is 10.1 Å². The predicted molar refractivity (Wildman–Crippen MR) is 204 cm³/mol. The number of nitrogens with one attached hydrogen (secondary N) is 1. The van der Waals surface area contributed by atoms with Gasteiger partial charge in [0.15, 0.2) is 0 Å². The van der Waals surface area contributed by atoms with Crippen LogP contribution in [-0.4, -0.2) is 81.0 Å². The molecule has 1 fully saturated rings. The Bertz CT molecular complexity index is 1800. The number of carbonyl (C=O) groups excluding carboxylic acids is 1. The Morgan fingerprint density at radius 1 is 1.04 bits per heavy atom. The van der Waals surface area contributed by atoms with E-state index in [1.165, 1.54) is 0 Å². The van der Waals surface area contributed by atoms with Gasteiger partial charge in [-0.3, -0.25) is 19.1 Å². The molecule has 1 N–H and O–H groups in total. The third-order valence-corrected chi connectivity index (χ3v) is 11.4. The number of hydrogen-bond acceptors (Lipinski definition) is 6. The minimum absolute atomic E-state index is 0.149. The van der Waals surface area contributed by atoms with Crippen LogP contribution in [0.1, 0.15) is 76.8 Å². The molecule has 2 aliphatic heterocycles. The van der Waals surface area contributed by atoms with Gasteiger partial charge in [-0.1, -0.05) is 68.2 Å². The molecule has 2 amide bonds. The maximum absolute atomic E-state index is 15.2. The lowest BCUT2D eigenvalue weighted by Crippen LogP contribution is -2.59. The highest BCUT2D eigenvalue weighted by Gasteiger charge is 2.60. The molecule has 2 aliphatic rings. The standard InChI is InChI=1S/C38H49Cl2N5O3S/c1-9-48-32-24-33(36(2,3)4)42-25-31(32)34-43-37(5,26-10-14-28(39)15-11-26)38(6,27-12-16-29(40)17-13-27)45(34)35(46)44-21-18-30(19-22-44)41-20-23-49(7,8)47/h10-17,24-25,30,41H,7,9,18-23H2,1-6,8H3/t37-,38+,49?/m0/s1. The van der Waals surface area contributed by atoms with Gasteiger partial charge in [-0.05, 0) is 84.4 Å². The fraction of sp³-hybridized carbons (Fsp3) is 0.474. The number of ether oxygens (including phenoxy) is 1. The summed E-state index contributed by atoms with van der Waals surface area (Å²) in [6.07, 6.45) is 5.02. The molecule has 3 heterocycles. The van der Waals surface area contributed by atoms with Crippen molar-refractivity contribution in [2.45, 2.75) is 76.9 Å². The van der Waals surface area contributed by atoms with Gasteiger partial charge in [0, 0.05) is 71.1 Å². The maximum Gasteiger partial charge on any atom is 0.326 e. The zero-order chi connectivity index (χ0) is 35.8. The van der Waals surface area contributed by atoms with Crippen LogP contribution in [0.3, 0.4) is 0 Å². The number of aliphatic imine (C=N–C) groups is 1. The summed E-state index contributed by atoms with van der Waals surface area (Å²) in [5.74, 6) is 5.41. The highest BCUT2D eigenvalue weighted by atomic mass is 35.5. The molecule has 0 saturated carbocycles. The van der Waals surface area contributed by atoms with Gasteiger partial charge in [0.25, 0.3) is 0 Å². The quantitative estimate of drug-likeness (QED) is 0.231. The molecule has 3 aromatic rings. The molecule has 1 saturated heterocycles. The molecular formula is C38H49Cl2N5O3S. The second-order valence-corrected chi connectivity index (χ2v) is 18.2. The zero-order valence-electron chi connectivity index (χ0n) is 29.7. The smallest absolute Gasteiger partial charge is 0.326 e. The van der Waals surface area contributed by atoms with Crippen LogP contribution in [0, 0.1) is 0 Å². The number of piperidine rings is 1. The lowest BCUT2D eigenvalue weighted by atomic mass is 9.71. The molecule has 0 radical (unpaired) electrons.